The molecule has 0 radical (unpaired) electrons. The summed E-state index contributed by atoms with van der Waals surface area (Å²) in [5, 5.41) is 7.84. The highest BCUT2D eigenvalue weighted by molar-refractivity contribution is 7.22. The molecule has 22 heavy (non-hydrogen) atoms. The van der Waals surface area contributed by atoms with Crippen LogP contribution in [0.5, 0.6) is 0 Å². The van der Waals surface area contributed by atoms with Gasteiger partial charge in [0.25, 0.3) is 0 Å². The van der Waals surface area contributed by atoms with Gasteiger partial charge in [-0.15, -0.1) is 0 Å². The van der Waals surface area contributed by atoms with Crippen LogP contribution in [-0.4, -0.2) is 21.3 Å². The van der Waals surface area contributed by atoms with Crippen molar-refractivity contribution in [3.8, 4) is 0 Å². The molecule has 0 atom stereocenters. The summed E-state index contributed by atoms with van der Waals surface area (Å²) in [5.74, 6) is 0. The maximum atomic E-state index is 12.7. The van der Waals surface area contributed by atoms with Gasteiger partial charge in [0.1, 0.15) is 0 Å². The standard InChI is InChI=1S/C14H13F3N4S/c1-21-8-9(7-19-21)4-5-18-13-20-11-6-10(14(15,16)17)2-3-12(11)22-13/h2-3,6-8H,4-5H2,1H3,(H,18,20). The van der Waals surface area contributed by atoms with Crippen LogP contribution < -0.4 is 5.32 Å². The van der Waals surface area contributed by atoms with Gasteiger partial charge in [-0.05, 0) is 30.2 Å². The molecule has 8 heteroatoms. The molecule has 0 saturated carbocycles. The molecule has 0 spiro atoms. The van der Waals surface area contributed by atoms with Crippen molar-refractivity contribution < 1.29 is 13.2 Å². The number of hydrogen-bond donors (Lipinski definition) is 1. The Labute approximate surface area is 128 Å². The van der Waals surface area contributed by atoms with Crippen molar-refractivity contribution in [2.45, 2.75) is 12.6 Å². The predicted octanol–water partition coefficient (Wildman–Crippen LogP) is 3.70. The van der Waals surface area contributed by atoms with Crippen LogP contribution in [0.2, 0.25) is 0 Å². The first kappa shape index (κ1) is 14.8. The molecule has 0 aliphatic rings. The normalized spacial score (nSPS) is 12.0. The lowest BCUT2D eigenvalue weighted by molar-refractivity contribution is -0.137. The van der Waals surface area contributed by atoms with Gasteiger partial charge in [-0.25, -0.2) is 4.98 Å². The first-order valence-corrected chi connectivity index (χ1v) is 7.43. The fourth-order valence-electron chi connectivity index (χ4n) is 2.09. The Balaban J connectivity index is 1.69. The van der Waals surface area contributed by atoms with E-state index in [0.717, 1.165) is 28.8 Å². The zero-order valence-corrected chi connectivity index (χ0v) is 12.5. The molecule has 1 aromatic carbocycles. The molecule has 2 aromatic heterocycles. The van der Waals surface area contributed by atoms with Crippen molar-refractivity contribution in [3.63, 3.8) is 0 Å². The first-order valence-electron chi connectivity index (χ1n) is 6.61. The number of anilines is 1. The number of benzene rings is 1. The summed E-state index contributed by atoms with van der Waals surface area (Å²) in [6, 6.07) is 3.63. The zero-order chi connectivity index (χ0) is 15.7. The van der Waals surface area contributed by atoms with E-state index in [1.165, 1.54) is 17.4 Å². The highest BCUT2D eigenvalue weighted by atomic mass is 32.1. The van der Waals surface area contributed by atoms with Gasteiger partial charge in [-0.3, -0.25) is 4.68 Å². The summed E-state index contributed by atoms with van der Waals surface area (Å²) in [6.45, 7) is 0.650. The second kappa shape index (κ2) is 5.60. The molecule has 1 N–H and O–H groups in total. The Hall–Kier alpha value is -2.09. The van der Waals surface area contributed by atoms with E-state index in [-0.39, 0.29) is 0 Å². The summed E-state index contributed by atoms with van der Waals surface area (Å²) in [7, 11) is 1.85. The number of aryl methyl sites for hydroxylation is 1. The number of aromatic nitrogens is 3. The minimum absolute atomic E-state index is 0.365. The number of alkyl halides is 3. The number of hydrogen-bond acceptors (Lipinski definition) is 4. The van der Waals surface area contributed by atoms with E-state index in [4.69, 9.17) is 0 Å². The number of fused-ring (bicyclic) bond motifs is 1. The molecule has 116 valence electrons. The summed E-state index contributed by atoms with van der Waals surface area (Å²) < 4.78 is 40.5. The lowest BCUT2D eigenvalue weighted by Gasteiger charge is -2.04. The minimum atomic E-state index is -4.34. The Morgan fingerprint density at radius 1 is 1.32 bits per heavy atom. The van der Waals surface area contributed by atoms with E-state index in [0.29, 0.717) is 17.2 Å². The van der Waals surface area contributed by atoms with Gasteiger partial charge in [-0.1, -0.05) is 11.3 Å². The van der Waals surface area contributed by atoms with Gasteiger partial charge in [0.15, 0.2) is 5.13 Å². The van der Waals surface area contributed by atoms with Gasteiger partial charge in [0, 0.05) is 19.8 Å². The lowest BCUT2D eigenvalue weighted by Crippen LogP contribution is -2.04. The van der Waals surface area contributed by atoms with Crippen LogP contribution in [0.4, 0.5) is 18.3 Å². The monoisotopic (exact) mass is 326 g/mol. The smallest absolute Gasteiger partial charge is 0.361 e. The average molecular weight is 326 g/mol. The maximum absolute atomic E-state index is 12.7. The molecule has 3 rings (SSSR count). The highest BCUT2D eigenvalue weighted by Crippen LogP contribution is 2.33. The molecule has 2 heterocycles. The minimum Gasteiger partial charge on any atom is -0.361 e. The van der Waals surface area contributed by atoms with E-state index in [1.54, 1.807) is 10.9 Å². The molecule has 3 aromatic rings. The van der Waals surface area contributed by atoms with Gasteiger partial charge in [-0.2, -0.15) is 18.3 Å². The van der Waals surface area contributed by atoms with Crippen LogP contribution in [0, 0.1) is 0 Å². The van der Waals surface area contributed by atoms with Crippen molar-refractivity contribution in [3.05, 3.63) is 41.7 Å². The summed E-state index contributed by atoms with van der Waals surface area (Å²) in [6.07, 6.45) is 0.147. The molecule has 4 nitrogen and oxygen atoms in total. The van der Waals surface area contributed by atoms with Crippen molar-refractivity contribution >= 4 is 26.7 Å². The number of nitrogens with zero attached hydrogens (tertiary/aromatic N) is 3. The Kier molecular flexibility index (Phi) is 3.78. The fraction of sp³-hybridized carbons (Fsp3) is 0.286. The van der Waals surface area contributed by atoms with E-state index in [9.17, 15) is 13.2 Å². The number of thiazole rings is 1. The van der Waals surface area contributed by atoms with Crippen molar-refractivity contribution in [1.29, 1.82) is 0 Å². The Morgan fingerprint density at radius 3 is 2.82 bits per heavy atom. The quantitative estimate of drug-likeness (QED) is 0.795. The first-order chi connectivity index (χ1) is 10.4. The topological polar surface area (TPSA) is 42.7 Å². The van der Waals surface area contributed by atoms with Crippen molar-refractivity contribution in [2.75, 3.05) is 11.9 Å². The molecular formula is C14H13F3N4S. The van der Waals surface area contributed by atoms with Gasteiger partial charge in [0.05, 0.1) is 22.0 Å². The molecular weight excluding hydrogens is 313 g/mol. The molecule has 0 amide bonds. The van der Waals surface area contributed by atoms with E-state index >= 15 is 0 Å². The van der Waals surface area contributed by atoms with Crippen molar-refractivity contribution in [2.24, 2.45) is 7.05 Å². The molecule has 0 aliphatic carbocycles. The summed E-state index contributed by atoms with van der Waals surface area (Å²) in [5.41, 5.74) is 0.784. The molecule has 0 fully saturated rings. The zero-order valence-electron chi connectivity index (χ0n) is 11.7. The van der Waals surface area contributed by atoms with Crippen LogP contribution in [-0.2, 0) is 19.6 Å². The summed E-state index contributed by atoms with van der Waals surface area (Å²) in [4.78, 5) is 4.21. The molecule has 0 aliphatic heterocycles. The molecule has 0 unspecified atom stereocenters. The van der Waals surface area contributed by atoms with E-state index in [2.05, 4.69) is 15.4 Å². The van der Waals surface area contributed by atoms with Crippen LogP contribution in [0.1, 0.15) is 11.1 Å². The van der Waals surface area contributed by atoms with Crippen LogP contribution in [0.25, 0.3) is 10.2 Å². The van der Waals surface area contributed by atoms with Crippen LogP contribution >= 0.6 is 11.3 Å². The third-order valence-electron chi connectivity index (χ3n) is 3.16. The number of nitrogens with one attached hydrogen (secondary N) is 1. The van der Waals surface area contributed by atoms with E-state index < -0.39 is 11.7 Å². The van der Waals surface area contributed by atoms with Crippen LogP contribution in [0.15, 0.2) is 30.6 Å². The van der Waals surface area contributed by atoms with Gasteiger partial charge >= 0.3 is 6.18 Å². The SMILES string of the molecule is Cn1cc(CCNc2nc3cc(C(F)(F)F)ccc3s2)cn1. The second-order valence-electron chi connectivity index (χ2n) is 4.90. The van der Waals surface area contributed by atoms with Gasteiger partial charge < -0.3 is 5.32 Å². The highest BCUT2D eigenvalue weighted by Gasteiger charge is 2.30. The largest absolute Gasteiger partial charge is 0.416 e. The average Bonchev–Trinajstić information content (AvgIpc) is 3.02. The van der Waals surface area contributed by atoms with Gasteiger partial charge in [0.2, 0.25) is 0 Å². The maximum Gasteiger partial charge on any atom is 0.416 e. The Bertz CT molecular complexity index is 791. The Morgan fingerprint density at radius 2 is 2.14 bits per heavy atom. The molecule has 0 bridgehead atoms. The summed E-state index contributed by atoms with van der Waals surface area (Å²) >= 11 is 1.35. The number of halogens is 3. The van der Waals surface area contributed by atoms with Crippen molar-refractivity contribution in [1.82, 2.24) is 14.8 Å². The third kappa shape index (κ3) is 3.22. The predicted molar refractivity (Wildman–Crippen MR) is 80.0 cm³/mol. The fourth-order valence-corrected chi connectivity index (χ4v) is 2.97. The van der Waals surface area contributed by atoms with Crippen LogP contribution in [0.3, 0.4) is 0 Å². The van der Waals surface area contributed by atoms with E-state index in [1.807, 2.05) is 13.2 Å². The lowest BCUT2D eigenvalue weighted by atomic mass is 10.2. The molecule has 0 saturated heterocycles. The second-order valence-corrected chi connectivity index (χ2v) is 5.93. The third-order valence-corrected chi connectivity index (χ3v) is 4.16. The number of rotatable bonds is 4.